The summed E-state index contributed by atoms with van der Waals surface area (Å²) in [5.74, 6) is 0.786. The van der Waals surface area contributed by atoms with Gasteiger partial charge in [-0.3, -0.25) is 9.59 Å². The molecule has 0 aromatic heterocycles. The van der Waals surface area contributed by atoms with E-state index in [9.17, 15) is 9.59 Å². The lowest BCUT2D eigenvalue weighted by molar-refractivity contribution is -0.137. The monoisotopic (exact) mass is 387 g/mol. The molecule has 1 saturated heterocycles. The number of ether oxygens (including phenoxy) is 1. The normalized spacial score (nSPS) is 19.9. The third kappa shape index (κ3) is 4.85. The molecule has 6 nitrogen and oxygen atoms in total. The van der Waals surface area contributed by atoms with E-state index < -0.39 is 0 Å². The molecule has 2 aliphatic rings. The molecule has 28 heavy (non-hydrogen) atoms. The van der Waals surface area contributed by atoms with Crippen molar-refractivity contribution in [1.29, 1.82) is 0 Å². The highest BCUT2D eigenvalue weighted by Crippen LogP contribution is 2.39. The molecule has 3 N–H and O–H groups in total. The van der Waals surface area contributed by atoms with Crippen LogP contribution in [0.1, 0.15) is 51.4 Å². The average molecular weight is 388 g/mol. The molecular formula is C22H33N3O3. The predicted molar refractivity (Wildman–Crippen MR) is 110 cm³/mol. The predicted octanol–water partition coefficient (Wildman–Crippen LogP) is 3.17. The number of benzene rings is 1. The largest absolute Gasteiger partial charge is 0.495 e. The van der Waals surface area contributed by atoms with Gasteiger partial charge in [0, 0.05) is 25.4 Å². The van der Waals surface area contributed by atoms with Crippen LogP contribution in [0.5, 0.6) is 5.75 Å². The van der Waals surface area contributed by atoms with Gasteiger partial charge in [-0.15, -0.1) is 0 Å². The van der Waals surface area contributed by atoms with E-state index >= 15 is 0 Å². The van der Waals surface area contributed by atoms with Crippen molar-refractivity contribution in [3.8, 4) is 5.75 Å². The minimum Gasteiger partial charge on any atom is -0.495 e. The number of amides is 2. The lowest BCUT2D eigenvalue weighted by Crippen LogP contribution is -2.45. The molecule has 1 saturated carbocycles. The Bertz CT molecular complexity index is 677. The van der Waals surface area contributed by atoms with E-state index in [1.165, 1.54) is 19.3 Å². The van der Waals surface area contributed by atoms with Crippen molar-refractivity contribution in [3.05, 3.63) is 24.3 Å². The summed E-state index contributed by atoms with van der Waals surface area (Å²) >= 11 is 0. The Balaban J connectivity index is 1.51. The van der Waals surface area contributed by atoms with Crippen LogP contribution in [0.15, 0.2) is 24.3 Å². The Morgan fingerprint density at radius 2 is 1.86 bits per heavy atom. The van der Waals surface area contributed by atoms with E-state index in [2.05, 4.69) is 5.32 Å². The van der Waals surface area contributed by atoms with Gasteiger partial charge in [-0.1, -0.05) is 31.4 Å². The summed E-state index contributed by atoms with van der Waals surface area (Å²) < 4.78 is 5.30. The lowest BCUT2D eigenvalue weighted by atomic mass is 9.71. The zero-order valence-corrected chi connectivity index (χ0v) is 16.9. The molecule has 1 aromatic rings. The van der Waals surface area contributed by atoms with Gasteiger partial charge in [0.15, 0.2) is 0 Å². The number of carbonyl (C=O) groups is 2. The van der Waals surface area contributed by atoms with E-state index in [-0.39, 0.29) is 23.1 Å². The van der Waals surface area contributed by atoms with Crippen LogP contribution in [0.4, 0.5) is 5.69 Å². The fourth-order valence-electron chi connectivity index (χ4n) is 4.56. The highest BCUT2D eigenvalue weighted by Gasteiger charge is 2.36. The number of para-hydroxylation sites is 2. The third-order valence-electron chi connectivity index (χ3n) is 6.46. The summed E-state index contributed by atoms with van der Waals surface area (Å²) in [6.45, 7) is 1.88. The second-order valence-corrected chi connectivity index (χ2v) is 8.29. The van der Waals surface area contributed by atoms with Crippen molar-refractivity contribution in [3.63, 3.8) is 0 Å². The minimum absolute atomic E-state index is 0.00214. The Morgan fingerprint density at radius 1 is 1.18 bits per heavy atom. The fourth-order valence-corrected chi connectivity index (χ4v) is 4.56. The highest BCUT2D eigenvalue weighted by atomic mass is 16.5. The van der Waals surface area contributed by atoms with Gasteiger partial charge in [-0.2, -0.15) is 0 Å². The molecule has 0 spiro atoms. The maximum Gasteiger partial charge on any atom is 0.227 e. The quantitative estimate of drug-likeness (QED) is 0.785. The maximum atomic E-state index is 12.8. The minimum atomic E-state index is -0.0767. The van der Waals surface area contributed by atoms with E-state index in [4.69, 9.17) is 10.5 Å². The Morgan fingerprint density at radius 3 is 2.50 bits per heavy atom. The molecule has 0 bridgehead atoms. The number of piperidine rings is 1. The summed E-state index contributed by atoms with van der Waals surface area (Å²) in [6, 6.07) is 7.41. The molecule has 6 heteroatoms. The summed E-state index contributed by atoms with van der Waals surface area (Å²) in [5.41, 5.74) is 6.72. The first-order valence-corrected chi connectivity index (χ1v) is 10.5. The number of nitrogens with zero attached hydrogens (tertiary/aromatic N) is 1. The Kier molecular flexibility index (Phi) is 6.94. The molecule has 154 valence electrons. The van der Waals surface area contributed by atoms with Crippen LogP contribution in [0.2, 0.25) is 0 Å². The van der Waals surface area contributed by atoms with E-state index in [0.717, 1.165) is 12.8 Å². The van der Waals surface area contributed by atoms with E-state index in [1.54, 1.807) is 7.11 Å². The standard InChI is InChI=1S/C22H33N3O3/c1-28-19-8-4-3-7-18(19)24-21(27)17-9-13-25(14-10-17)20(26)15-22(16-23)11-5-2-6-12-22/h3-4,7-8,17H,2,5-6,9-16,23H2,1H3,(H,24,27). The topological polar surface area (TPSA) is 84.7 Å². The van der Waals surface area contributed by atoms with E-state index in [0.29, 0.717) is 50.3 Å². The smallest absolute Gasteiger partial charge is 0.227 e. The lowest BCUT2D eigenvalue weighted by Gasteiger charge is -2.38. The zero-order valence-electron chi connectivity index (χ0n) is 16.9. The van der Waals surface area contributed by atoms with Crippen LogP contribution >= 0.6 is 0 Å². The van der Waals surface area contributed by atoms with Crippen LogP contribution in [-0.4, -0.2) is 43.5 Å². The molecule has 0 atom stereocenters. The van der Waals surface area contributed by atoms with Crippen molar-refractivity contribution >= 4 is 17.5 Å². The highest BCUT2D eigenvalue weighted by molar-refractivity contribution is 5.94. The summed E-state index contributed by atoms with van der Waals surface area (Å²) in [4.78, 5) is 27.4. The second kappa shape index (κ2) is 9.41. The van der Waals surface area contributed by atoms with Crippen molar-refractivity contribution in [2.24, 2.45) is 17.1 Å². The van der Waals surface area contributed by atoms with Gasteiger partial charge < -0.3 is 20.7 Å². The number of rotatable bonds is 6. The van der Waals surface area contributed by atoms with Gasteiger partial charge in [0.2, 0.25) is 11.8 Å². The van der Waals surface area contributed by atoms with Crippen molar-refractivity contribution in [1.82, 2.24) is 4.90 Å². The number of hydrogen-bond donors (Lipinski definition) is 2. The van der Waals surface area contributed by atoms with Crippen LogP contribution < -0.4 is 15.8 Å². The molecule has 0 unspecified atom stereocenters. The number of carbonyl (C=O) groups excluding carboxylic acids is 2. The SMILES string of the molecule is COc1ccccc1NC(=O)C1CCN(C(=O)CC2(CN)CCCCC2)CC1. The molecular weight excluding hydrogens is 354 g/mol. The molecule has 3 rings (SSSR count). The Labute approximate surface area is 167 Å². The second-order valence-electron chi connectivity index (χ2n) is 8.29. The molecule has 2 fully saturated rings. The molecule has 2 amide bonds. The van der Waals surface area contributed by atoms with E-state index in [1.807, 2.05) is 29.2 Å². The van der Waals surface area contributed by atoms with Gasteiger partial charge in [-0.25, -0.2) is 0 Å². The van der Waals surface area contributed by atoms with Crippen LogP contribution in [0.25, 0.3) is 0 Å². The van der Waals surface area contributed by atoms with Crippen molar-refractivity contribution in [2.75, 3.05) is 32.1 Å². The number of hydrogen-bond acceptors (Lipinski definition) is 4. The number of anilines is 1. The number of likely N-dealkylation sites (tertiary alicyclic amines) is 1. The Hall–Kier alpha value is -2.08. The summed E-state index contributed by atoms with van der Waals surface area (Å²) in [7, 11) is 1.59. The molecule has 1 heterocycles. The first-order valence-electron chi connectivity index (χ1n) is 10.5. The molecule has 0 radical (unpaired) electrons. The first-order chi connectivity index (χ1) is 13.6. The van der Waals surface area contributed by atoms with Gasteiger partial charge in [0.1, 0.15) is 5.75 Å². The zero-order chi connectivity index (χ0) is 20.0. The van der Waals surface area contributed by atoms with Crippen molar-refractivity contribution in [2.45, 2.75) is 51.4 Å². The maximum absolute atomic E-state index is 12.8. The van der Waals surface area contributed by atoms with Gasteiger partial charge in [0.05, 0.1) is 12.8 Å². The van der Waals surface area contributed by atoms with Crippen molar-refractivity contribution < 1.29 is 14.3 Å². The van der Waals surface area contributed by atoms with Crippen LogP contribution in [-0.2, 0) is 9.59 Å². The summed E-state index contributed by atoms with van der Waals surface area (Å²) in [6.07, 6.45) is 7.68. The number of nitrogens with two attached hydrogens (primary N) is 1. The molecule has 1 aliphatic heterocycles. The first kappa shape index (κ1) is 20.6. The van der Waals surface area contributed by atoms with Gasteiger partial charge >= 0.3 is 0 Å². The third-order valence-corrected chi connectivity index (χ3v) is 6.46. The summed E-state index contributed by atoms with van der Waals surface area (Å²) in [5, 5.41) is 2.97. The number of nitrogens with one attached hydrogen (secondary N) is 1. The molecule has 1 aliphatic carbocycles. The fraction of sp³-hybridized carbons (Fsp3) is 0.636. The van der Waals surface area contributed by atoms with Crippen LogP contribution in [0, 0.1) is 11.3 Å². The number of methoxy groups -OCH3 is 1. The van der Waals surface area contributed by atoms with Gasteiger partial charge in [0.25, 0.3) is 0 Å². The van der Waals surface area contributed by atoms with Crippen LogP contribution in [0.3, 0.4) is 0 Å². The average Bonchev–Trinajstić information content (AvgIpc) is 2.75. The molecule has 1 aromatic carbocycles. The van der Waals surface area contributed by atoms with Gasteiger partial charge in [-0.05, 0) is 49.8 Å².